The Kier molecular flexibility index (Phi) is 13.7. The summed E-state index contributed by atoms with van der Waals surface area (Å²) in [5, 5.41) is 21.4. The second kappa shape index (κ2) is 16.2. The van der Waals surface area contributed by atoms with Gasteiger partial charge in [-0.1, -0.05) is 45.1 Å². The topological polar surface area (TPSA) is 152 Å². The molecular weight excluding hydrogens is 484 g/mol. The molecule has 2 aromatic rings. The van der Waals surface area contributed by atoms with Gasteiger partial charge in [0.05, 0.1) is 29.5 Å². The second-order valence-corrected chi connectivity index (χ2v) is 9.64. The largest absolute Gasteiger partial charge is 0.465 e. The van der Waals surface area contributed by atoms with Crippen LogP contribution in [-0.4, -0.2) is 63.3 Å². The highest BCUT2D eigenvalue weighted by Gasteiger charge is 2.46. The van der Waals surface area contributed by atoms with Gasteiger partial charge in [0.25, 0.3) is 0 Å². The van der Waals surface area contributed by atoms with Gasteiger partial charge in [0.15, 0.2) is 5.54 Å². The van der Waals surface area contributed by atoms with Crippen molar-refractivity contribution in [3.8, 4) is 0 Å². The molecule has 3 unspecified atom stereocenters. The van der Waals surface area contributed by atoms with E-state index in [1.807, 2.05) is 6.07 Å². The van der Waals surface area contributed by atoms with Crippen molar-refractivity contribution in [1.82, 2.24) is 15.4 Å². The number of esters is 1. The molecule has 204 valence electrons. The Hall–Kier alpha value is -1.73. The highest BCUT2D eigenvalue weighted by molar-refractivity contribution is 7.94. The molecule has 1 aromatic heterocycles. The molecule has 0 radical (unpaired) electrons. The number of benzene rings is 1. The fraction of sp³-hybridized carbons (Fsp3) is 0.680. The van der Waals surface area contributed by atoms with Crippen LogP contribution in [-0.2, 0) is 31.7 Å². The van der Waals surface area contributed by atoms with Crippen LogP contribution in [0.1, 0.15) is 70.2 Å². The normalized spacial score (nSPS) is 15.1. The first-order valence-electron chi connectivity index (χ1n) is 12.8. The molecule has 0 aliphatic rings. The van der Waals surface area contributed by atoms with Crippen LogP contribution in [0.15, 0.2) is 18.2 Å². The molecule has 3 atom stereocenters. The van der Waals surface area contributed by atoms with Gasteiger partial charge in [0.1, 0.15) is 11.9 Å². The number of carbonyl (C=O) groups excluding carboxylic acids is 1. The number of ether oxygens (including phenoxy) is 1. The minimum absolute atomic E-state index is 0.0823. The van der Waals surface area contributed by atoms with Crippen LogP contribution in [0.4, 0.5) is 0 Å². The number of nitrogens with two attached hydrogens (primary N) is 1. The van der Waals surface area contributed by atoms with Crippen LogP contribution >= 0.6 is 12.0 Å². The van der Waals surface area contributed by atoms with E-state index < -0.39 is 23.7 Å². The van der Waals surface area contributed by atoms with Gasteiger partial charge in [-0.15, -0.1) is 9.32 Å². The Bertz CT molecular complexity index is 914. The van der Waals surface area contributed by atoms with E-state index in [-0.39, 0.29) is 18.8 Å². The Morgan fingerprint density at radius 1 is 1.19 bits per heavy atom. The van der Waals surface area contributed by atoms with Crippen molar-refractivity contribution in [3.05, 3.63) is 29.6 Å². The molecule has 0 aliphatic heterocycles. The SMILES string of the molecule is CCCCCCCCc1ccc2nc(CCC(O)C(O)C(N)(CSOONC)C(=O)OCC)[nH]c2c1. The number of nitrogens with one attached hydrogen (secondary N) is 2. The molecule has 10 nitrogen and oxygen atoms in total. The van der Waals surface area contributed by atoms with Crippen molar-refractivity contribution in [1.29, 1.82) is 0 Å². The zero-order valence-corrected chi connectivity index (χ0v) is 22.4. The molecule has 1 heterocycles. The maximum atomic E-state index is 12.5. The van der Waals surface area contributed by atoms with Crippen molar-refractivity contribution in [2.75, 3.05) is 19.4 Å². The fourth-order valence-corrected chi connectivity index (χ4v) is 4.64. The molecule has 0 saturated heterocycles. The zero-order valence-electron chi connectivity index (χ0n) is 21.6. The predicted octanol–water partition coefficient (Wildman–Crippen LogP) is 3.11. The third kappa shape index (κ3) is 9.29. The van der Waals surface area contributed by atoms with Crippen LogP contribution in [0.25, 0.3) is 11.0 Å². The number of unbranched alkanes of at least 4 members (excludes halogenated alkanes) is 5. The van der Waals surface area contributed by atoms with Gasteiger partial charge < -0.3 is 25.7 Å². The molecule has 11 heteroatoms. The molecular formula is C25H42N4O6S. The van der Waals surface area contributed by atoms with E-state index in [4.69, 9.17) is 14.8 Å². The van der Waals surface area contributed by atoms with Gasteiger partial charge in [0, 0.05) is 25.5 Å². The molecule has 1 aromatic carbocycles. The Balaban J connectivity index is 1.94. The van der Waals surface area contributed by atoms with Crippen molar-refractivity contribution in [3.63, 3.8) is 0 Å². The summed E-state index contributed by atoms with van der Waals surface area (Å²) in [6.45, 7) is 3.94. The number of aliphatic hydroxyl groups excluding tert-OH is 2. The van der Waals surface area contributed by atoms with Crippen LogP contribution in [0.3, 0.4) is 0 Å². The Morgan fingerprint density at radius 3 is 2.67 bits per heavy atom. The number of aromatic amines is 1. The van der Waals surface area contributed by atoms with E-state index in [0.29, 0.717) is 24.3 Å². The summed E-state index contributed by atoms with van der Waals surface area (Å²) in [5.41, 5.74) is 9.68. The molecule has 0 spiro atoms. The van der Waals surface area contributed by atoms with Crippen LogP contribution in [0.2, 0.25) is 0 Å². The van der Waals surface area contributed by atoms with Crippen molar-refractivity contribution in [2.24, 2.45) is 5.73 Å². The van der Waals surface area contributed by atoms with Crippen LogP contribution in [0.5, 0.6) is 0 Å². The Labute approximate surface area is 217 Å². The number of hydrogen-bond acceptors (Lipinski definition) is 10. The minimum atomic E-state index is -1.89. The lowest BCUT2D eigenvalue weighted by molar-refractivity contribution is -0.238. The predicted molar refractivity (Wildman–Crippen MR) is 141 cm³/mol. The smallest absolute Gasteiger partial charge is 0.329 e. The number of carbonyl (C=O) groups is 1. The average Bonchev–Trinajstić information content (AvgIpc) is 3.29. The van der Waals surface area contributed by atoms with Gasteiger partial charge in [-0.2, -0.15) is 5.48 Å². The fourth-order valence-electron chi connectivity index (χ4n) is 3.99. The summed E-state index contributed by atoms with van der Waals surface area (Å²) < 4.78 is 9.79. The van der Waals surface area contributed by atoms with Crippen molar-refractivity contribution in [2.45, 2.75) is 89.4 Å². The van der Waals surface area contributed by atoms with Crippen molar-refractivity contribution < 1.29 is 29.1 Å². The number of H-pyrrole nitrogens is 1. The van der Waals surface area contributed by atoms with Gasteiger partial charge in [-0.3, -0.25) is 0 Å². The number of imidazole rings is 1. The van der Waals surface area contributed by atoms with Gasteiger partial charge in [-0.25, -0.2) is 9.78 Å². The third-order valence-electron chi connectivity index (χ3n) is 6.10. The summed E-state index contributed by atoms with van der Waals surface area (Å²) in [4.78, 5) is 24.9. The molecule has 2 rings (SSSR count). The summed E-state index contributed by atoms with van der Waals surface area (Å²) in [6, 6.07) is 6.24. The molecule has 0 bridgehead atoms. The lowest BCUT2D eigenvalue weighted by Gasteiger charge is -2.33. The van der Waals surface area contributed by atoms with Crippen LogP contribution < -0.4 is 11.2 Å². The highest BCUT2D eigenvalue weighted by atomic mass is 32.2. The number of aryl methyl sites for hydroxylation is 2. The zero-order chi connectivity index (χ0) is 26.4. The third-order valence-corrected chi connectivity index (χ3v) is 6.86. The minimum Gasteiger partial charge on any atom is -0.465 e. The molecule has 6 N–H and O–H groups in total. The number of hydrogen-bond donors (Lipinski definition) is 5. The Morgan fingerprint density at radius 2 is 1.94 bits per heavy atom. The lowest BCUT2D eigenvalue weighted by Crippen LogP contribution is -2.63. The first kappa shape index (κ1) is 30.5. The average molecular weight is 527 g/mol. The van der Waals surface area contributed by atoms with Gasteiger partial charge in [0.2, 0.25) is 0 Å². The standard InChI is InChI=1S/C25H42N4O6S/c1-4-6-7-8-9-10-11-18-12-13-19-20(16-18)29-22(28-19)15-14-21(30)23(31)25(26,24(32)33-5-2)17-36-35-34-27-3/h12-13,16,21,23,27,30-31H,4-11,14-15,17,26H2,1-3H3,(H,28,29). The second-order valence-electron chi connectivity index (χ2n) is 8.98. The number of aromatic nitrogens is 2. The molecule has 0 amide bonds. The number of aliphatic hydroxyl groups is 2. The maximum Gasteiger partial charge on any atom is 0.329 e. The monoisotopic (exact) mass is 526 g/mol. The molecule has 0 saturated carbocycles. The summed E-state index contributed by atoms with van der Waals surface area (Å²) in [7, 11) is 1.49. The molecule has 0 aliphatic carbocycles. The van der Waals surface area contributed by atoms with E-state index in [1.54, 1.807) is 6.92 Å². The number of rotatable bonds is 19. The van der Waals surface area contributed by atoms with E-state index in [2.05, 4.69) is 39.5 Å². The maximum absolute atomic E-state index is 12.5. The summed E-state index contributed by atoms with van der Waals surface area (Å²) in [6.07, 6.45) is 6.24. The first-order chi connectivity index (χ1) is 17.3. The molecule has 0 fully saturated rings. The van der Waals surface area contributed by atoms with E-state index in [0.717, 1.165) is 17.5 Å². The molecule has 36 heavy (non-hydrogen) atoms. The van der Waals surface area contributed by atoms with Crippen molar-refractivity contribution >= 4 is 29.0 Å². The first-order valence-corrected chi connectivity index (χ1v) is 13.7. The van der Waals surface area contributed by atoms with E-state index in [9.17, 15) is 15.0 Å². The number of hydroxylamine groups is 1. The van der Waals surface area contributed by atoms with E-state index >= 15 is 0 Å². The quantitative estimate of drug-likeness (QED) is 0.0607. The van der Waals surface area contributed by atoms with Crippen LogP contribution in [0, 0.1) is 0 Å². The highest BCUT2D eigenvalue weighted by Crippen LogP contribution is 2.23. The number of nitrogens with zero attached hydrogens (tertiary/aromatic N) is 1. The summed E-state index contributed by atoms with van der Waals surface area (Å²) >= 11 is 0.713. The lowest BCUT2D eigenvalue weighted by atomic mass is 9.89. The van der Waals surface area contributed by atoms with Gasteiger partial charge in [-0.05, 0) is 43.9 Å². The number of fused-ring (bicyclic) bond motifs is 1. The van der Waals surface area contributed by atoms with E-state index in [1.165, 1.54) is 51.1 Å². The summed E-state index contributed by atoms with van der Waals surface area (Å²) in [5.74, 6) is -0.344. The van der Waals surface area contributed by atoms with Gasteiger partial charge >= 0.3 is 5.97 Å².